The van der Waals surface area contributed by atoms with E-state index in [2.05, 4.69) is 9.97 Å². The number of aromatic amines is 1. The summed E-state index contributed by atoms with van der Waals surface area (Å²) in [4.78, 5) is 20.8. The minimum Gasteiger partial charge on any atom is -0.310 e. The molecule has 1 aromatic carbocycles. The first-order valence-corrected chi connectivity index (χ1v) is 7.29. The van der Waals surface area contributed by atoms with Gasteiger partial charge in [-0.1, -0.05) is 36.4 Å². The van der Waals surface area contributed by atoms with E-state index in [4.69, 9.17) is 0 Å². The molecule has 0 amide bonds. The Hall–Kier alpha value is -2.20. The monoisotopic (exact) mass is 282 g/mol. The summed E-state index contributed by atoms with van der Waals surface area (Å²) in [6.07, 6.45) is 0.660. The molecule has 20 heavy (non-hydrogen) atoms. The van der Waals surface area contributed by atoms with Gasteiger partial charge in [-0.05, 0) is 18.4 Å². The number of nitrogens with one attached hydrogen (secondary N) is 1. The smallest absolute Gasteiger partial charge is 0.254 e. The van der Waals surface area contributed by atoms with Crippen molar-refractivity contribution in [3.8, 4) is 11.3 Å². The van der Waals surface area contributed by atoms with Crippen molar-refractivity contribution in [1.82, 2.24) is 9.97 Å². The molecule has 0 bridgehead atoms. The average Bonchev–Trinajstić information content (AvgIpc) is 2.96. The van der Waals surface area contributed by atoms with Gasteiger partial charge in [0.15, 0.2) is 0 Å². The van der Waals surface area contributed by atoms with Crippen LogP contribution in [0.1, 0.15) is 16.3 Å². The van der Waals surface area contributed by atoms with E-state index in [0.717, 1.165) is 11.3 Å². The zero-order valence-electron chi connectivity index (χ0n) is 11.1. The lowest BCUT2D eigenvalue weighted by Gasteiger charge is -2.07. The minimum atomic E-state index is -0.0644. The van der Waals surface area contributed by atoms with E-state index in [9.17, 15) is 4.79 Å². The summed E-state index contributed by atoms with van der Waals surface area (Å²) in [5, 5.41) is 2.03. The molecule has 1 N–H and O–H groups in total. The molecule has 0 aliphatic carbocycles. The summed E-state index contributed by atoms with van der Waals surface area (Å²) in [5.41, 5.74) is 2.33. The fourth-order valence-electron chi connectivity index (χ4n) is 2.12. The highest BCUT2D eigenvalue weighted by atomic mass is 32.1. The van der Waals surface area contributed by atoms with Gasteiger partial charge >= 0.3 is 0 Å². The third kappa shape index (κ3) is 2.56. The van der Waals surface area contributed by atoms with Crippen molar-refractivity contribution < 1.29 is 0 Å². The summed E-state index contributed by atoms with van der Waals surface area (Å²) < 4.78 is 0. The maximum Gasteiger partial charge on any atom is 0.254 e. The molecule has 4 heteroatoms. The van der Waals surface area contributed by atoms with Crippen LogP contribution in [0.5, 0.6) is 0 Å². The van der Waals surface area contributed by atoms with Gasteiger partial charge < -0.3 is 4.98 Å². The quantitative estimate of drug-likeness (QED) is 0.800. The van der Waals surface area contributed by atoms with Crippen LogP contribution in [0, 0.1) is 6.92 Å². The lowest BCUT2D eigenvalue weighted by molar-refractivity contribution is 0.945. The number of nitrogens with zero attached hydrogens (tertiary/aromatic N) is 1. The van der Waals surface area contributed by atoms with Crippen LogP contribution in [0.15, 0.2) is 52.6 Å². The third-order valence-electron chi connectivity index (χ3n) is 3.17. The largest absolute Gasteiger partial charge is 0.310 e. The first-order valence-electron chi connectivity index (χ1n) is 6.41. The zero-order chi connectivity index (χ0) is 13.9. The predicted molar refractivity (Wildman–Crippen MR) is 82.2 cm³/mol. The summed E-state index contributed by atoms with van der Waals surface area (Å²) in [7, 11) is 0. The molecule has 0 aliphatic heterocycles. The van der Waals surface area contributed by atoms with Gasteiger partial charge in [0.2, 0.25) is 0 Å². The first kappa shape index (κ1) is 12.8. The first-order chi connectivity index (χ1) is 9.74. The van der Waals surface area contributed by atoms with E-state index in [1.165, 1.54) is 4.88 Å². The Labute approximate surface area is 121 Å². The highest BCUT2D eigenvalue weighted by Gasteiger charge is 2.10. The van der Waals surface area contributed by atoms with Gasteiger partial charge in [0.25, 0.3) is 5.56 Å². The topological polar surface area (TPSA) is 45.8 Å². The predicted octanol–water partition coefficient (Wildman–Crippen LogP) is 3.40. The number of rotatable bonds is 3. The van der Waals surface area contributed by atoms with Crippen molar-refractivity contribution in [3.05, 3.63) is 74.5 Å². The molecule has 0 aliphatic rings. The Morgan fingerprint density at radius 3 is 2.65 bits per heavy atom. The second-order valence-corrected chi connectivity index (χ2v) is 5.64. The molecule has 0 saturated carbocycles. The maximum atomic E-state index is 12.1. The van der Waals surface area contributed by atoms with Crippen molar-refractivity contribution in [3.63, 3.8) is 0 Å². The van der Waals surface area contributed by atoms with Gasteiger partial charge in [-0.25, -0.2) is 4.98 Å². The molecule has 3 rings (SSSR count). The van der Waals surface area contributed by atoms with Crippen LogP contribution in [0.25, 0.3) is 11.3 Å². The van der Waals surface area contributed by atoms with Crippen LogP contribution in [-0.4, -0.2) is 9.97 Å². The van der Waals surface area contributed by atoms with Crippen LogP contribution < -0.4 is 5.56 Å². The van der Waals surface area contributed by atoms with Crippen LogP contribution in [0.3, 0.4) is 0 Å². The lowest BCUT2D eigenvalue weighted by atomic mass is 10.1. The number of hydrogen-bond donors (Lipinski definition) is 1. The molecule has 0 unspecified atom stereocenters. The molecule has 0 spiro atoms. The Balaban J connectivity index is 2.06. The molecule has 0 saturated heterocycles. The number of H-pyrrole nitrogens is 1. The maximum absolute atomic E-state index is 12.1. The van der Waals surface area contributed by atoms with Crippen LogP contribution in [0.2, 0.25) is 0 Å². The van der Waals surface area contributed by atoms with Gasteiger partial charge in [0.1, 0.15) is 5.82 Å². The van der Waals surface area contributed by atoms with Crippen molar-refractivity contribution in [1.29, 1.82) is 0 Å². The summed E-state index contributed by atoms with van der Waals surface area (Å²) in [5.74, 6) is 0.710. The molecule has 0 radical (unpaired) electrons. The number of thiophene rings is 1. The lowest BCUT2D eigenvalue weighted by Crippen LogP contribution is -2.16. The average molecular weight is 282 g/mol. The van der Waals surface area contributed by atoms with Crippen LogP contribution in [0.4, 0.5) is 0 Å². The summed E-state index contributed by atoms with van der Waals surface area (Å²) in [6, 6.07) is 13.9. The fourth-order valence-corrected chi connectivity index (χ4v) is 2.83. The molecule has 2 aromatic heterocycles. The molecular formula is C16H14N2OS. The summed E-state index contributed by atoms with van der Waals surface area (Å²) in [6.45, 7) is 1.81. The van der Waals surface area contributed by atoms with E-state index in [1.807, 2.05) is 54.8 Å². The normalized spacial score (nSPS) is 10.7. The molecule has 0 atom stereocenters. The van der Waals surface area contributed by atoms with Crippen LogP contribution in [-0.2, 0) is 6.42 Å². The van der Waals surface area contributed by atoms with Crippen molar-refractivity contribution >= 4 is 11.3 Å². The molecule has 3 aromatic rings. The highest BCUT2D eigenvalue weighted by Crippen LogP contribution is 2.19. The Morgan fingerprint density at radius 1 is 1.15 bits per heavy atom. The summed E-state index contributed by atoms with van der Waals surface area (Å²) >= 11 is 1.67. The fraction of sp³-hybridized carbons (Fsp3) is 0.125. The Bertz CT molecular complexity index is 761. The molecule has 100 valence electrons. The second-order valence-electron chi connectivity index (χ2n) is 4.61. The van der Waals surface area contributed by atoms with Crippen molar-refractivity contribution in [2.75, 3.05) is 0 Å². The SMILES string of the molecule is Cc1c(-c2ccccc2)nc(Cc2cccs2)[nH]c1=O. The van der Waals surface area contributed by atoms with Gasteiger partial charge in [-0.2, -0.15) is 0 Å². The van der Waals surface area contributed by atoms with Crippen molar-refractivity contribution in [2.24, 2.45) is 0 Å². The van der Waals surface area contributed by atoms with E-state index in [-0.39, 0.29) is 5.56 Å². The van der Waals surface area contributed by atoms with Gasteiger partial charge in [-0.15, -0.1) is 11.3 Å². The Kier molecular flexibility index (Phi) is 3.48. The van der Waals surface area contributed by atoms with Crippen LogP contribution >= 0.6 is 11.3 Å². The van der Waals surface area contributed by atoms with E-state index in [0.29, 0.717) is 17.8 Å². The van der Waals surface area contributed by atoms with Gasteiger partial charge in [0, 0.05) is 22.4 Å². The Morgan fingerprint density at radius 2 is 1.95 bits per heavy atom. The number of benzene rings is 1. The highest BCUT2D eigenvalue weighted by molar-refractivity contribution is 7.09. The number of hydrogen-bond acceptors (Lipinski definition) is 3. The zero-order valence-corrected chi connectivity index (χ0v) is 11.9. The number of aromatic nitrogens is 2. The van der Waals surface area contributed by atoms with E-state index < -0.39 is 0 Å². The van der Waals surface area contributed by atoms with E-state index in [1.54, 1.807) is 11.3 Å². The second kappa shape index (κ2) is 5.43. The minimum absolute atomic E-state index is 0.0644. The van der Waals surface area contributed by atoms with Gasteiger partial charge in [0.05, 0.1) is 5.69 Å². The molecule has 3 nitrogen and oxygen atoms in total. The molecule has 2 heterocycles. The third-order valence-corrected chi connectivity index (χ3v) is 4.05. The molecular weight excluding hydrogens is 268 g/mol. The van der Waals surface area contributed by atoms with E-state index >= 15 is 0 Å². The van der Waals surface area contributed by atoms with Gasteiger partial charge in [-0.3, -0.25) is 4.79 Å². The van der Waals surface area contributed by atoms with Crippen molar-refractivity contribution in [2.45, 2.75) is 13.3 Å². The molecule has 0 fully saturated rings. The standard InChI is InChI=1S/C16H14N2OS/c1-11-15(12-6-3-2-4-7-12)17-14(18-16(11)19)10-13-8-5-9-20-13/h2-9H,10H2,1H3,(H,17,18,19).